The molecule has 0 aromatic carbocycles. The first-order chi connectivity index (χ1) is 5.27. The Morgan fingerprint density at radius 1 is 1.45 bits per heavy atom. The zero-order chi connectivity index (χ0) is 7.84. The summed E-state index contributed by atoms with van der Waals surface area (Å²) < 4.78 is 5.28. The molecule has 2 nitrogen and oxygen atoms in total. The Morgan fingerprint density at radius 2 is 2.27 bits per heavy atom. The molecule has 1 saturated carbocycles. The molecule has 0 amide bonds. The van der Waals surface area contributed by atoms with Crippen LogP contribution < -0.4 is 0 Å². The van der Waals surface area contributed by atoms with Gasteiger partial charge >= 0.3 is 5.97 Å². The summed E-state index contributed by atoms with van der Waals surface area (Å²) >= 11 is 0. The van der Waals surface area contributed by atoms with E-state index in [0.717, 1.165) is 12.8 Å². The average molecular weight is 154 g/mol. The van der Waals surface area contributed by atoms with Crippen molar-refractivity contribution in [2.75, 3.05) is 0 Å². The Labute approximate surface area is 66.9 Å². The van der Waals surface area contributed by atoms with E-state index in [1.807, 2.05) is 6.92 Å². The van der Waals surface area contributed by atoms with Gasteiger partial charge in [0, 0.05) is 0 Å². The highest BCUT2D eigenvalue weighted by Gasteiger charge is 2.37. The van der Waals surface area contributed by atoms with Crippen molar-refractivity contribution in [2.45, 2.75) is 38.7 Å². The fourth-order valence-electron chi connectivity index (χ4n) is 2.24. The standard InChI is InChI=1S/C9H14O2/c1-6-5-7-3-2-4-8(7)11-9(6)10/h6-8H,2-5H2,1H3/t6-,7-,8-/m1/s1. The van der Waals surface area contributed by atoms with Crippen LogP contribution in [0.3, 0.4) is 0 Å². The number of hydrogen-bond donors (Lipinski definition) is 0. The van der Waals surface area contributed by atoms with Crippen LogP contribution in [0.25, 0.3) is 0 Å². The third kappa shape index (κ3) is 1.15. The molecule has 0 aromatic rings. The van der Waals surface area contributed by atoms with Gasteiger partial charge in [-0.05, 0) is 31.6 Å². The van der Waals surface area contributed by atoms with E-state index in [9.17, 15) is 4.79 Å². The predicted octanol–water partition coefficient (Wildman–Crippen LogP) is 1.74. The zero-order valence-electron chi connectivity index (χ0n) is 6.88. The molecule has 2 aliphatic rings. The lowest BCUT2D eigenvalue weighted by Gasteiger charge is -2.28. The first-order valence-electron chi connectivity index (χ1n) is 4.48. The van der Waals surface area contributed by atoms with Gasteiger partial charge in [-0.25, -0.2) is 0 Å². The van der Waals surface area contributed by atoms with Crippen LogP contribution in [0.5, 0.6) is 0 Å². The summed E-state index contributed by atoms with van der Waals surface area (Å²) in [5, 5.41) is 0. The smallest absolute Gasteiger partial charge is 0.308 e. The van der Waals surface area contributed by atoms with Crippen LogP contribution in [0.4, 0.5) is 0 Å². The topological polar surface area (TPSA) is 26.3 Å². The fourth-order valence-corrected chi connectivity index (χ4v) is 2.24. The van der Waals surface area contributed by atoms with Crippen LogP contribution in [0, 0.1) is 11.8 Å². The second-order valence-corrected chi connectivity index (χ2v) is 3.80. The minimum atomic E-state index is 0.0214. The van der Waals surface area contributed by atoms with Gasteiger partial charge in [-0.1, -0.05) is 6.92 Å². The van der Waals surface area contributed by atoms with Gasteiger partial charge in [-0.3, -0.25) is 4.79 Å². The SMILES string of the molecule is C[C@@H]1C[C@H]2CCC[C@H]2OC1=O. The molecule has 0 radical (unpaired) electrons. The number of esters is 1. The molecule has 1 heterocycles. The van der Waals surface area contributed by atoms with Crippen LogP contribution in [0.1, 0.15) is 32.6 Å². The van der Waals surface area contributed by atoms with E-state index in [4.69, 9.17) is 4.74 Å². The Balaban J connectivity index is 2.06. The summed E-state index contributed by atoms with van der Waals surface area (Å²) in [5.74, 6) is 0.852. The first-order valence-corrected chi connectivity index (χ1v) is 4.48. The molecule has 3 atom stereocenters. The van der Waals surface area contributed by atoms with E-state index in [1.165, 1.54) is 12.8 Å². The van der Waals surface area contributed by atoms with E-state index < -0.39 is 0 Å². The summed E-state index contributed by atoms with van der Waals surface area (Å²) in [6.45, 7) is 1.97. The molecule has 2 rings (SSSR count). The molecular formula is C9H14O2. The summed E-state index contributed by atoms with van der Waals surface area (Å²) in [6.07, 6.45) is 4.95. The molecule has 0 bridgehead atoms. The van der Waals surface area contributed by atoms with Gasteiger partial charge in [-0.2, -0.15) is 0 Å². The van der Waals surface area contributed by atoms with Crippen molar-refractivity contribution >= 4 is 5.97 Å². The van der Waals surface area contributed by atoms with Crippen LogP contribution in [-0.2, 0) is 9.53 Å². The minimum Gasteiger partial charge on any atom is -0.462 e. The Bertz CT molecular complexity index is 176. The maximum Gasteiger partial charge on any atom is 0.308 e. The third-order valence-corrected chi connectivity index (χ3v) is 2.92. The molecule has 1 aliphatic carbocycles. The number of rotatable bonds is 0. The molecule has 1 aliphatic heterocycles. The van der Waals surface area contributed by atoms with Gasteiger partial charge in [0.05, 0.1) is 5.92 Å². The predicted molar refractivity (Wildman–Crippen MR) is 41.0 cm³/mol. The van der Waals surface area contributed by atoms with E-state index in [-0.39, 0.29) is 18.0 Å². The van der Waals surface area contributed by atoms with Crippen molar-refractivity contribution in [2.24, 2.45) is 11.8 Å². The number of ether oxygens (including phenoxy) is 1. The molecular weight excluding hydrogens is 140 g/mol. The highest BCUT2D eigenvalue weighted by atomic mass is 16.5. The van der Waals surface area contributed by atoms with Crippen molar-refractivity contribution in [3.05, 3.63) is 0 Å². The van der Waals surface area contributed by atoms with Crippen LogP contribution in [0.2, 0.25) is 0 Å². The Morgan fingerprint density at radius 3 is 3.09 bits per heavy atom. The highest BCUT2D eigenvalue weighted by Crippen LogP contribution is 2.37. The lowest BCUT2D eigenvalue weighted by atomic mass is 9.90. The third-order valence-electron chi connectivity index (χ3n) is 2.92. The van der Waals surface area contributed by atoms with Crippen molar-refractivity contribution in [3.63, 3.8) is 0 Å². The molecule has 62 valence electrons. The molecule has 0 unspecified atom stereocenters. The van der Waals surface area contributed by atoms with E-state index in [2.05, 4.69) is 0 Å². The monoisotopic (exact) mass is 154 g/mol. The Kier molecular flexibility index (Phi) is 1.63. The second-order valence-electron chi connectivity index (χ2n) is 3.80. The quantitative estimate of drug-likeness (QED) is 0.497. The molecule has 0 aromatic heterocycles. The molecule has 1 saturated heterocycles. The summed E-state index contributed by atoms with van der Waals surface area (Å²) in [7, 11) is 0. The average Bonchev–Trinajstić information content (AvgIpc) is 2.36. The molecule has 11 heavy (non-hydrogen) atoms. The molecule has 2 heteroatoms. The zero-order valence-corrected chi connectivity index (χ0v) is 6.88. The fraction of sp³-hybridized carbons (Fsp3) is 0.889. The summed E-state index contributed by atoms with van der Waals surface area (Å²) in [5.41, 5.74) is 0. The van der Waals surface area contributed by atoms with Gasteiger partial charge in [0.25, 0.3) is 0 Å². The van der Waals surface area contributed by atoms with Gasteiger partial charge in [-0.15, -0.1) is 0 Å². The maximum atomic E-state index is 11.1. The number of fused-ring (bicyclic) bond motifs is 1. The van der Waals surface area contributed by atoms with Gasteiger partial charge in [0.1, 0.15) is 6.10 Å². The van der Waals surface area contributed by atoms with Crippen LogP contribution >= 0.6 is 0 Å². The summed E-state index contributed by atoms with van der Waals surface area (Å²) in [6, 6.07) is 0. The largest absolute Gasteiger partial charge is 0.462 e. The van der Waals surface area contributed by atoms with Crippen molar-refractivity contribution in [3.8, 4) is 0 Å². The summed E-state index contributed by atoms with van der Waals surface area (Å²) in [4.78, 5) is 11.1. The number of hydrogen-bond acceptors (Lipinski definition) is 2. The highest BCUT2D eigenvalue weighted by molar-refractivity contribution is 5.73. The van der Waals surface area contributed by atoms with Gasteiger partial charge < -0.3 is 4.74 Å². The van der Waals surface area contributed by atoms with E-state index in [0.29, 0.717) is 5.92 Å². The first kappa shape index (κ1) is 7.14. The molecule has 2 fully saturated rings. The van der Waals surface area contributed by atoms with Gasteiger partial charge in [0.15, 0.2) is 0 Å². The van der Waals surface area contributed by atoms with Gasteiger partial charge in [0.2, 0.25) is 0 Å². The van der Waals surface area contributed by atoms with Crippen molar-refractivity contribution in [1.82, 2.24) is 0 Å². The van der Waals surface area contributed by atoms with Crippen LogP contribution in [0.15, 0.2) is 0 Å². The van der Waals surface area contributed by atoms with Crippen molar-refractivity contribution in [1.29, 1.82) is 0 Å². The normalized spacial score (nSPS) is 43.4. The number of carbonyl (C=O) groups excluding carboxylic acids is 1. The molecule has 0 N–H and O–H groups in total. The number of carbonyl (C=O) groups is 1. The molecule has 0 spiro atoms. The van der Waals surface area contributed by atoms with Crippen molar-refractivity contribution < 1.29 is 9.53 Å². The van der Waals surface area contributed by atoms with E-state index in [1.54, 1.807) is 0 Å². The van der Waals surface area contributed by atoms with Crippen LogP contribution in [-0.4, -0.2) is 12.1 Å². The lowest BCUT2D eigenvalue weighted by molar-refractivity contribution is -0.162. The van der Waals surface area contributed by atoms with E-state index >= 15 is 0 Å². The Hall–Kier alpha value is -0.530. The minimum absolute atomic E-state index is 0.0214. The lowest BCUT2D eigenvalue weighted by Crippen LogP contribution is -2.33. The maximum absolute atomic E-state index is 11.1. The second kappa shape index (κ2) is 2.50.